The molecule has 0 heterocycles. The van der Waals surface area contributed by atoms with E-state index in [0.717, 1.165) is 36.3 Å². The monoisotopic (exact) mass is 327 g/mol. The molecule has 0 aliphatic rings. The Morgan fingerprint density at radius 2 is 2.00 bits per heavy atom. The zero-order valence-corrected chi connectivity index (χ0v) is 14.1. The van der Waals surface area contributed by atoms with Crippen LogP contribution in [0.5, 0.6) is 5.75 Å². The summed E-state index contributed by atoms with van der Waals surface area (Å²) in [5, 5.41) is 3.53. The van der Waals surface area contributed by atoms with Crippen LogP contribution in [0.2, 0.25) is 0 Å². The van der Waals surface area contributed by atoms with Crippen LogP contribution in [-0.4, -0.2) is 13.2 Å². The number of rotatable bonds is 8. The Labute approximate surface area is 126 Å². The van der Waals surface area contributed by atoms with E-state index in [2.05, 4.69) is 55.0 Å². The van der Waals surface area contributed by atoms with Crippen molar-refractivity contribution < 1.29 is 4.74 Å². The van der Waals surface area contributed by atoms with Crippen LogP contribution in [0.1, 0.15) is 39.7 Å². The molecule has 1 N–H and O–H groups in total. The van der Waals surface area contributed by atoms with Gasteiger partial charge in [-0.25, -0.2) is 0 Å². The Balaban J connectivity index is 2.57. The van der Waals surface area contributed by atoms with E-state index in [1.54, 1.807) is 0 Å². The molecule has 1 aromatic rings. The van der Waals surface area contributed by atoms with Crippen LogP contribution in [-0.2, 0) is 6.54 Å². The summed E-state index contributed by atoms with van der Waals surface area (Å²) >= 11 is 3.53. The number of benzene rings is 1. The van der Waals surface area contributed by atoms with E-state index in [1.807, 2.05) is 12.1 Å². The van der Waals surface area contributed by atoms with Crippen LogP contribution in [0.4, 0.5) is 0 Å². The van der Waals surface area contributed by atoms with Crippen LogP contribution in [0.3, 0.4) is 0 Å². The van der Waals surface area contributed by atoms with Crippen molar-refractivity contribution in [2.75, 3.05) is 13.2 Å². The highest BCUT2D eigenvalue weighted by Crippen LogP contribution is 2.23. The van der Waals surface area contributed by atoms with Gasteiger partial charge in [-0.15, -0.1) is 0 Å². The molecule has 0 spiro atoms. The normalized spacial score (nSPS) is 12.7. The molecule has 19 heavy (non-hydrogen) atoms. The standard InChI is InChI=1S/C16H26BrNO/c1-5-8-19-16-7-6-15(17)9-14(16)11-18-10-13(4)12(2)3/h6-7,9,12-13,18H,5,8,10-11H2,1-4H3. The maximum atomic E-state index is 5.79. The molecule has 0 radical (unpaired) electrons. The van der Waals surface area contributed by atoms with E-state index in [4.69, 9.17) is 4.74 Å². The van der Waals surface area contributed by atoms with Crippen molar-refractivity contribution >= 4 is 15.9 Å². The zero-order valence-electron chi connectivity index (χ0n) is 12.5. The van der Waals surface area contributed by atoms with Gasteiger partial charge in [0.25, 0.3) is 0 Å². The number of hydrogen-bond acceptors (Lipinski definition) is 2. The average Bonchev–Trinajstić information content (AvgIpc) is 2.37. The fourth-order valence-electron chi connectivity index (χ4n) is 1.71. The van der Waals surface area contributed by atoms with Gasteiger partial charge in [-0.2, -0.15) is 0 Å². The Kier molecular flexibility index (Phi) is 7.47. The molecule has 0 fully saturated rings. The lowest BCUT2D eigenvalue weighted by Gasteiger charge is -2.17. The number of halogens is 1. The van der Waals surface area contributed by atoms with E-state index >= 15 is 0 Å². The van der Waals surface area contributed by atoms with Crippen LogP contribution >= 0.6 is 15.9 Å². The summed E-state index contributed by atoms with van der Waals surface area (Å²) in [4.78, 5) is 0. The van der Waals surface area contributed by atoms with Crippen molar-refractivity contribution in [1.29, 1.82) is 0 Å². The molecule has 0 saturated heterocycles. The fourth-order valence-corrected chi connectivity index (χ4v) is 2.12. The Morgan fingerprint density at radius 3 is 2.63 bits per heavy atom. The van der Waals surface area contributed by atoms with E-state index in [9.17, 15) is 0 Å². The second-order valence-electron chi connectivity index (χ2n) is 5.45. The van der Waals surface area contributed by atoms with Gasteiger partial charge >= 0.3 is 0 Å². The zero-order chi connectivity index (χ0) is 14.3. The van der Waals surface area contributed by atoms with Crippen molar-refractivity contribution in [3.8, 4) is 5.75 Å². The first-order chi connectivity index (χ1) is 9.04. The Morgan fingerprint density at radius 1 is 1.26 bits per heavy atom. The molecular weight excluding hydrogens is 302 g/mol. The highest BCUT2D eigenvalue weighted by Gasteiger charge is 2.08. The van der Waals surface area contributed by atoms with Crippen molar-refractivity contribution in [2.45, 2.75) is 40.7 Å². The van der Waals surface area contributed by atoms with Crippen molar-refractivity contribution in [3.05, 3.63) is 28.2 Å². The minimum Gasteiger partial charge on any atom is -0.493 e. The van der Waals surface area contributed by atoms with Gasteiger partial charge in [0.15, 0.2) is 0 Å². The first-order valence-corrected chi connectivity index (χ1v) is 7.95. The highest BCUT2D eigenvalue weighted by atomic mass is 79.9. The van der Waals surface area contributed by atoms with E-state index in [1.165, 1.54) is 5.56 Å². The number of hydrogen-bond donors (Lipinski definition) is 1. The molecule has 0 aromatic heterocycles. The maximum absolute atomic E-state index is 5.79. The fraction of sp³-hybridized carbons (Fsp3) is 0.625. The van der Waals surface area contributed by atoms with Gasteiger partial charge in [0.05, 0.1) is 6.61 Å². The van der Waals surface area contributed by atoms with Crippen LogP contribution < -0.4 is 10.1 Å². The minimum atomic E-state index is 0.687. The molecule has 1 rings (SSSR count). The van der Waals surface area contributed by atoms with E-state index < -0.39 is 0 Å². The SMILES string of the molecule is CCCOc1ccc(Br)cc1CNCC(C)C(C)C. The van der Waals surface area contributed by atoms with Gasteiger partial charge in [-0.1, -0.05) is 43.6 Å². The van der Waals surface area contributed by atoms with Gasteiger partial charge in [0.1, 0.15) is 5.75 Å². The van der Waals surface area contributed by atoms with E-state index in [0.29, 0.717) is 11.8 Å². The topological polar surface area (TPSA) is 21.3 Å². The van der Waals surface area contributed by atoms with Crippen molar-refractivity contribution in [2.24, 2.45) is 11.8 Å². The van der Waals surface area contributed by atoms with Crippen LogP contribution in [0, 0.1) is 11.8 Å². The molecule has 1 unspecified atom stereocenters. The summed E-state index contributed by atoms with van der Waals surface area (Å²) in [5.41, 5.74) is 1.22. The van der Waals surface area contributed by atoms with Gasteiger partial charge in [0.2, 0.25) is 0 Å². The van der Waals surface area contributed by atoms with Crippen LogP contribution in [0.15, 0.2) is 22.7 Å². The largest absolute Gasteiger partial charge is 0.493 e. The van der Waals surface area contributed by atoms with Crippen molar-refractivity contribution in [1.82, 2.24) is 5.32 Å². The number of nitrogens with one attached hydrogen (secondary N) is 1. The maximum Gasteiger partial charge on any atom is 0.123 e. The lowest BCUT2D eigenvalue weighted by atomic mass is 9.98. The summed E-state index contributed by atoms with van der Waals surface area (Å²) < 4.78 is 6.89. The summed E-state index contributed by atoms with van der Waals surface area (Å²) in [6, 6.07) is 6.21. The summed E-state index contributed by atoms with van der Waals surface area (Å²) in [7, 11) is 0. The lowest BCUT2D eigenvalue weighted by molar-refractivity contribution is 0.312. The Hall–Kier alpha value is -0.540. The summed E-state index contributed by atoms with van der Waals surface area (Å²) in [5.74, 6) is 2.40. The minimum absolute atomic E-state index is 0.687. The third-order valence-electron chi connectivity index (χ3n) is 3.40. The summed E-state index contributed by atoms with van der Waals surface area (Å²) in [6.45, 7) is 11.6. The quantitative estimate of drug-likeness (QED) is 0.752. The van der Waals surface area contributed by atoms with Crippen LogP contribution in [0.25, 0.3) is 0 Å². The molecule has 0 bridgehead atoms. The predicted octanol–water partition coefficient (Wildman–Crippen LogP) is 4.62. The van der Waals surface area contributed by atoms with Gasteiger partial charge in [-0.3, -0.25) is 0 Å². The first-order valence-electron chi connectivity index (χ1n) is 7.16. The number of ether oxygens (including phenoxy) is 1. The molecule has 108 valence electrons. The lowest BCUT2D eigenvalue weighted by Crippen LogP contribution is -2.24. The second kappa shape index (κ2) is 8.60. The molecule has 0 aliphatic carbocycles. The smallest absolute Gasteiger partial charge is 0.123 e. The molecule has 0 saturated carbocycles. The predicted molar refractivity (Wildman–Crippen MR) is 85.6 cm³/mol. The summed E-state index contributed by atoms with van der Waals surface area (Å²) in [6.07, 6.45) is 1.04. The van der Waals surface area contributed by atoms with Gasteiger partial charge < -0.3 is 10.1 Å². The molecule has 1 aromatic carbocycles. The third kappa shape index (κ3) is 5.96. The molecule has 2 nitrogen and oxygen atoms in total. The molecule has 1 atom stereocenters. The van der Waals surface area contributed by atoms with Gasteiger partial charge in [-0.05, 0) is 43.0 Å². The molecule has 0 aliphatic heterocycles. The second-order valence-corrected chi connectivity index (χ2v) is 6.37. The highest BCUT2D eigenvalue weighted by molar-refractivity contribution is 9.10. The van der Waals surface area contributed by atoms with E-state index in [-0.39, 0.29) is 0 Å². The first kappa shape index (κ1) is 16.5. The average molecular weight is 328 g/mol. The van der Waals surface area contributed by atoms with Crippen molar-refractivity contribution in [3.63, 3.8) is 0 Å². The third-order valence-corrected chi connectivity index (χ3v) is 3.90. The Bertz CT molecular complexity index is 379. The molecular formula is C16H26BrNO. The molecule has 0 amide bonds. The molecule has 3 heteroatoms. The van der Waals surface area contributed by atoms with Gasteiger partial charge in [0, 0.05) is 16.6 Å².